The number of hydrogen-bond donors (Lipinski definition) is 0. The topological polar surface area (TPSA) is 64.5 Å². The quantitative estimate of drug-likeness (QED) is 0.232. The Morgan fingerprint density at radius 3 is 1.50 bits per heavy atom. The summed E-state index contributed by atoms with van der Waals surface area (Å²) in [5, 5.41) is 2.36. The molecule has 0 saturated heterocycles. The third-order valence-corrected chi connectivity index (χ3v) is 6.82. The molecule has 7 rings (SSSR count). The average molecular weight is 514 g/mol. The minimum absolute atomic E-state index is 0.590. The number of nitrogens with zero attached hydrogens (tertiary/aromatic N) is 5. The van der Waals surface area contributed by atoms with Crippen molar-refractivity contribution < 1.29 is 0 Å². The third-order valence-electron chi connectivity index (χ3n) is 6.82. The summed E-state index contributed by atoms with van der Waals surface area (Å²) in [6.45, 7) is 0. The Bertz CT molecular complexity index is 1880. The number of fused-ring (bicyclic) bond motifs is 1. The van der Waals surface area contributed by atoms with Gasteiger partial charge in [0.2, 0.25) is 0 Å². The minimum Gasteiger partial charge on any atom is -0.237 e. The molecule has 7 aromatic rings. The summed E-state index contributed by atoms with van der Waals surface area (Å²) in [5.41, 5.74) is 5.78. The van der Waals surface area contributed by atoms with Crippen molar-refractivity contribution in [3.05, 3.63) is 140 Å². The van der Waals surface area contributed by atoms with Gasteiger partial charge in [0.05, 0.1) is 0 Å². The van der Waals surface area contributed by atoms with E-state index in [0.717, 1.165) is 33.4 Å². The van der Waals surface area contributed by atoms with Gasteiger partial charge in [-0.25, -0.2) is 24.9 Å². The largest absolute Gasteiger partial charge is 0.237 e. The summed E-state index contributed by atoms with van der Waals surface area (Å²) in [7, 11) is 0. The van der Waals surface area contributed by atoms with Crippen LogP contribution >= 0.6 is 0 Å². The lowest BCUT2D eigenvalue weighted by molar-refractivity contribution is 1.07. The highest BCUT2D eigenvalue weighted by Crippen LogP contribution is 2.35. The second kappa shape index (κ2) is 10.3. The molecule has 0 bridgehead atoms. The maximum Gasteiger partial charge on any atom is 0.164 e. The maximum atomic E-state index is 4.97. The molecule has 5 heteroatoms. The van der Waals surface area contributed by atoms with E-state index in [1.807, 2.05) is 66.7 Å². The fourth-order valence-corrected chi connectivity index (χ4v) is 4.90. The van der Waals surface area contributed by atoms with E-state index in [4.69, 9.17) is 15.0 Å². The molecule has 2 heterocycles. The lowest BCUT2D eigenvalue weighted by atomic mass is 9.94. The van der Waals surface area contributed by atoms with Gasteiger partial charge in [-0.15, -0.1) is 0 Å². The Morgan fingerprint density at radius 2 is 0.850 bits per heavy atom. The normalized spacial score (nSPS) is 11.0. The molecule has 0 N–H and O–H groups in total. The van der Waals surface area contributed by atoms with Gasteiger partial charge in [0.25, 0.3) is 0 Å². The zero-order valence-electron chi connectivity index (χ0n) is 21.5. The Labute approximate surface area is 231 Å². The van der Waals surface area contributed by atoms with Gasteiger partial charge in [0.15, 0.2) is 23.3 Å². The molecule has 0 aliphatic heterocycles. The van der Waals surface area contributed by atoms with Crippen molar-refractivity contribution in [1.29, 1.82) is 0 Å². The fraction of sp³-hybridized carbons (Fsp3) is 0. The maximum absolute atomic E-state index is 4.97. The van der Waals surface area contributed by atoms with Crippen LogP contribution in [0.3, 0.4) is 0 Å². The molecule has 5 nitrogen and oxygen atoms in total. The second-order valence-corrected chi connectivity index (χ2v) is 9.44. The van der Waals surface area contributed by atoms with Crippen molar-refractivity contribution >= 4 is 10.8 Å². The van der Waals surface area contributed by atoms with Crippen molar-refractivity contribution in [3.8, 4) is 56.7 Å². The van der Waals surface area contributed by atoms with Crippen LogP contribution in [0.25, 0.3) is 67.5 Å². The van der Waals surface area contributed by atoms with Crippen LogP contribution in [0.2, 0.25) is 0 Å². The minimum atomic E-state index is 0.590. The summed E-state index contributed by atoms with van der Waals surface area (Å²) in [4.78, 5) is 23.9. The Balaban J connectivity index is 1.48. The Kier molecular flexibility index (Phi) is 6.07. The molecule has 5 aromatic carbocycles. The molecule has 188 valence electrons. The smallest absolute Gasteiger partial charge is 0.164 e. The van der Waals surface area contributed by atoms with Gasteiger partial charge in [-0.1, -0.05) is 103 Å². The first kappa shape index (κ1) is 23.6. The predicted octanol–water partition coefficient (Wildman–Crippen LogP) is 8.15. The highest BCUT2D eigenvalue weighted by atomic mass is 15.0. The van der Waals surface area contributed by atoms with Gasteiger partial charge < -0.3 is 0 Å². The SMILES string of the molecule is c1ccc(-c2nc(-c3ccccc3)nc(-c3cc(-c4ncccn4)cc(-c4cccc5ccccc45)c3)n2)cc1. The molecular formula is C35H23N5. The molecule has 0 fully saturated rings. The van der Waals surface area contributed by atoms with Crippen molar-refractivity contribution in [2.75, 3.05) is 0 Å². The van der Waals surface area contributed by atoms with Gasteiger partial charge in [-0.05, 0) is 46.2 Å². The van der Waals surface area contributed by atoms with E-state index < -0.39 is 0 Å². The van der Waals surface area contributed by atoms with E-state index in [-0.39, 0.29) is 0 Å². The summed E-state index contributed by atoms with van der Waals surface area (Å²) in [6, 6.07) is 43.0. The van der Waals surface area contributed by atoms with Gasteiger partial charge in [0.1, 0.15) is 0 Å². The van der Waals surface area contributed by atoms with Crippen LogP contribution in [0, 0.1) is 0 Å². The summed E-state index contributed by atoms with van der Waals surface area (Å²) in [5.74, 6) is 2.48. The van der Waals surface area contributed by atoms with E-state index in [9.17, 15) is 0 Å². The first-order valence-electron chi connectivity index (χ1n) is 13.1. The molecule has 0 aliphatic carbocycles. The summed E-state index contributed by atoms with van der Waals surface area (Å²) >= 11 is 0. The van der Waals surface area contributed by atoms with Crippen LogP contribution in [-0.2, 0) is 0 Å². The number of aromatic nitrogens is 5. The Hall–Kier alpha value is -5.55. The first-order chi connectivity index (χ1) is 19.8. The van der Waals surface area contributed by atoms with E-state index >= 15 is 0 Å². The zero-order valence-corrected chi connectivity index (χ0v) is 21.5. The lowest BCUT2D eigenvalue weighted by Gasteiger charge is -2.13. The first-order valence-corrected chi connectivity index (χ1v) is 13.1. The lowest BCUT2D eigenvalue weighted by Crippen LogP contribution is -2.00. The van der Waals surface area contributed by atoms with Crippen LogP contribution in [0.1, 0.15) is 0 Å². The molecule has 0 radical (unpaired) electrons. The van der Waals surface area contributed by atoms with Crippen molar-refractivity contribution in [1.82, 2.24) is 24.9 Å². The van der Waals surface area contributed by atoms with E-state index in [1.54, 1.807) is 12.4 Å². The molecule has 0 spiro atoms. The Morgan fingerprint density at radius 1 is 0.350 bits per heavy atom. The van der Waals surface area contributed by atoms with Crippen LogP contribution in [0.5, 0.6) is 0 Å². The number of hydrogen-bond acceptors (Lipinski definition) is 5. The molecule has 40 heavy (non-hydrogen) atoms. The van der Waals surface area contributed by atoms with Crippen molar-refractivity contribution in [2.24, 2.45) is 0 Å². The third kappa shape index (κ3) is 4.61. The van der Waals surface area contributed by atoms with Gasteiger partial charge in [-0.3, -0.25) is 0 Å². The number of rotatable bonds is 5. The number of benzene rings is 5. The molecule has 2 aromatic heterocycles. The summed E-state index contributed by atoms with van der Waals surface area (Å²) < 4.78 is 0. The van der Waals surface area contributed by atoms with E-state index in [1.165, 1.54) is 10.8 Å². The molecular weight excluding hydrogens is 490 g/mol. The van der Waals surface area contributed by atoms with Crippen LogP contribution in [0.15, 0.2) is 140 Å². The molecule has 0 aliphatic rings. The molecule has 0 atom stereocenters. The van der Waals surface area contributed by atoms with E-state index in [2.05, 4.69) is 70.6 Å². The van der Waals surface area contributed by atoms with Crippen LogP contribution in [0.4, 0.5) is 0 Å². The molecule has 0 unspecified atom stereocenters. The standard InChI is InChI=1S/C35H23N5/c1-3-12-25(13-4-1)33-38-34(26-14-5-2-6-15-26)40-35(39-33)29-22-27(21-28(23-29)32-36-19-10-20-37-32)31-18-9-16-24-11-7-8-17-30(24)31/h1-23H. The van der Waals surface area contributed by atoms with Crippen molar-refractivity contribution in [2.45, 2.75) is 0 Å². The van der Waals surface area contributed by atoms with Gasteiger partial charge in [-0.2, -0.15) is 0 Å². The van der Waals surface area contributed by atoms with Crippen molar-refractivity contribution in [3.63, 3.8) is 0 Å². The zero-order chi connectivity index (χ0) is 26.7. The second-order valence-electron chi connectivity index (χ2n) is 9.44. The van der Waals surface area contributed by atoms with E-state index in [0.29, 0.717) is 23.3 Å². The van der Waals surface area contributed by atoms with Crippen LogP contribution in [-0.4, -0.2) is 24.9 Å². The molecule has 0 amide bonds. The summed E-state index contributed by atoms with van der Waals surface area (Å²) in [6.07, 6.45) is 3.52. The average Bonchev–Trinajstić information content (AvgIpc) is 3.05. The van der Waals surface area contributed by atoms with Gasteiger partial charge >= 0.3 is 0 Å². The highest BCUT2D eigenvalue weighted by Gasteiger charge is 2.16. The highest BCUT2D eigenvalue weighted by molar-refractivity contribution is 5.98. The van der Waals surface area contributed by atoms with Crippen LogP contribution < -0.4 is 0 Å². The molecule has 0 saturated carbocycles. The van der Waals surface area contributed by atoms with Gasteiger partial charge in [0, 0.05) is 34.6 Å². The monoisotopic (exact) mass is 513 g/mol. The fourth-order valence-electron chi connectivity index (χ4n) is 4.90. The predicted molar refractivity (Wildman–Crippen MR) is 160 cm³/mol.